The van der Waals surface area contributed by atoms with E-state index in [2.05, 4.69) is 20.8 Å². The number of carbonyl (C=O) groups excluding carboxylic acids is 1. The van der Waals surface area contributed by atoms with Crippen molar-refractivity contribution in [2.24, 2.45) is 22.7 Å². The summed E-state index contributed by atoms with van der Waals surface area (Å²) < 4.78 is 0. The minimum atomic E-state index is -0.981. The molecule has 2 aliphatic rings. The predicted molar refractivity (Wildman–Crippen MR) is 98.0 cm³/mol. The van der Waals surface area contributed by atoms with Gasteiger partial charge in [0, 0.05) is 16.9 Å². The smallest absolute Gasteiger partial charge is 0.336 e. The Balaban J connectivity index is 1.86. The van der Waals surface area contributed by atoms with E-state index in [0.717, 1.165) is 18.2 Å². The van der Waals surface area contributed by atoms with E-state index in [1.54, 1.807) is 18.2 Å². The number of carboxylic acids is 1. The molecule has 3 nitrogen and oxygen atoms in total. The van der Waals surface area contributed by atoms with Gasteiger partial charge in [-0.3, -0.25) is 4.79 Å². The first-order valence-electron chi connectivity index (χ1n) is 9.06. The maximum atomic E-state index is 13.5. The summed E-state index contributed by atoms with van der Waals surface area (Å²) >= 11 is 0. The van der Waals surface area contributed by atoms with Gasteiger partial charge in [-0.15, -0.1) is 0 Å². The Morgan fingerprint density at radius 2 is 1.68 bits per heavy atom. The first kappa shape index (κ1) is 16.3. The molecule has 2 bridgehead atoms. The molecule has 3 heteroatoms. The van der Waals surface area contributed by atoms with Gasteiger partial charge in [-0.1, -0.05) is 51.1 Å². The molecule has 0 amide bonds. The van der Waals surface area contributed by atoms with Crippen molar-refractivity contribution >= 4 is 22.5 Å². The third-order valence-electron chi connectivity index (χ3n) is 7.51. The molecule has 2 aromatic carbocycles. The molecule has 2 saturated carbocycles. The number of aromatic carboxylic acids is 1. The first-order chi connectivity index (χ1) is 11.8. The quantitative estimate of drug-likeness (QED) is 0.785. The second-order valence-corrected chi connectivity index (χ2v) is 8.54. The van der Waals surface area contributed by atoms with Crippen LogP contribution in [0.2, 0.25) is 0 Å². The Labute approximate surface area is 148 Å². The molecule has 0 spiro atoms. The maximum Gasteiger partial charge on any atom is 0.336 e. The van der Waals surface area contributed by atoms with Crippen molar-refractivity contribution in [2.45, 2.75) is 40.0 Å². The van der Waals surface area contributed by atoms with E-state index in [1.165, 1.54) is 6.42 Å². The van der Waals surface area contributed by atoms with Crippen molar-refractivity contribution in [3.8, 4) is 0 Å². The van der Waals surface area contributed by atoms with Gasteiger partial charge in [0.05, 0.1) is 5.56 Å². The number of fused-ring (bicyclic) bond motifs is 3. The van der Waals surface area contributed by atoms with Crippen LogP contribution in [0, 0.1) is 22.7 Å². The summed E-state index contributed by atoms with van der Waals surface area (Å²) in [6, 6.07) is 10.8. The minimum Gasteiger partial charge on any atom is -0.478 e. The van der Waals surface area contributed by atoms with Gasteiger partial charge in [0.15, 0.2) is 5.78 Å². The van der Waals surface area contributed by atoms with Crippen molar-refractivity contribution in [1.29, 1.82) is 0 Å². The van der Waals surface area contributed by atoms with Crippen molar-refractivity contribution in [3.05, 3.63) is 47.5 Å². The molecule has 25 heavy (non-hydrogen) atoms. The molecule has 0 heterocycles. The Kier molecular flexibility index (Phi) is 3.37. The Morgan fingerprint density at radius 3 is 2.20 bits per heavy atom. The molecule has 0 saturated heterocycles. The molecule has 2 aliphatic carbocycles. The normalized spacial score (nSPS) is 29.9. The van der Waals surface area contributed by atoms with E-state index in [-0.39, 0.29) is 28.1 Å². The molecular weight excluding hydrogens is 312 g/mol. The standard InChI is InChI=1S/C22H24O3/c1-21(2)14-10-11-22(21,3)17(12-14)19(23)15-8-4-6-13-7-5-9-16(18(13)15)20(24)25/h4-9,14,17H,10-12H2,1-3H3,(H,24,25). The van der Waals surface area contributed by atoms with E-state index >= 15 is 0 Å². The lowest BCUT2D eigenvalue weighted by Gasteiger charge is -2.38. The van der Waals surface area contributed by atoms with Crippen LogP contribution in [0.3, 0.4) is 0 Å². The SMILES string of the molecule is CC1(C)C2CCC1(C)C(C(=O)c1cccc3cccc(C(=O)O)c13)C2. The van der Waals surface area contributed by atoms with Crippen molar-refractivity contribution in [1.82, 2.24) is 0 Å². The summed E-state index contributed by atoms with van der Waals surface area (Å²) in [6.07, 6.45) is 3.20. The van der Waals surface area contributed by atoms with Crippen LogP contribution >= 0.6 is 0 Å². The van der Waals surface area contributed by atoms with Gasteiger partial charge in [-0.25, -0.2) is 4.79 Å². The number of ketones is 1. The first-order valence-corrected chi connectivity index (χ1v) is 9.06. The largest absolute Gasteiger partial charge is 0.478 e. The highest BCUT2D eigenvalue weighted by atomic mass is 16.4. The topological polar surface area (TPSA) is 54.4 Å². The molecule has 2 aromatic rings. The molecule has 3 unspecified atom stereocenters. The third-order valence-corrected chi connectivity index (χ3v) is 7.51. The van der Waals surface area contributed by atoms with E-state index in [9.17, 15) is 14.7 Å². The van der Waals surface area contributed by atoms with Crippen LogP contribution < -0.4 is 0 Å². The van der Waals surface area contributed by atoms with Gasteiger partial charge in [0.1, 0.15) is 0 Å². The second-order valence-electron chi connectivity index (χ2n) is 8.54. The number of Topliss-reactive ketones (excluding diaryl/α,β-unsaturated/α-hetero) is 1. The van der Waals surface area contributed by atoms with Gasteiger partial charge < -0.3 is 5.11 Å². The van der Waals surface area contributed by atoms with Gasteiger partial charge in [0.25, 0.3) is 0 Å². The average molecular weight is 336 g/mol. The summed E-state index contributed by atoms with van der Waals surface area (Å²) in [7, 11) is 0. The van der Waals surface area contributed by atoms with Crippen LogP contribution in [-0.4, -0.2) is 16.9 Å². The zero-order valence-electron chi connectivity index (χ0n) is 15.0. The zero-order valence-corrected chi connectivity index (χ0v) is 15.0. The van der Waals surface area contributed by atoms with Gasteiger partial charge in [-0.2, -0.15) is 0 Å². The van der Waals surface area contributed by atoms with Crippen molar-refractivity contribution in [2.75, 3.05) is 0 Å². The van der Waals surface area contributed by atoms with Crippen molar-refractivity contribution < 1.29 is 14.7 Å². The lowest BCUT2D eigenvalue weighted by Crippen LogP contribution is -2.36. The molecule has 0 radical (unpaired) electrons. The van der Waals surface area contributed by atoms with Crippen LogP contribution in [0.15, 0.2) is 36.4 Å². The summed E-state index contributed by atoms with van der Waals surface area (Å²) in [5, 5.41) is 11.0. The molecule has 0 aromatic heterocycles. The predicted octanol–water partition coefficient (Wildman–Crippen LogP) is 5.18. The third kappa shape index (κ3) is 2.04. The summed E-state index contributed by atoms with van der Waals surface area (Å²) in [5.74, 6) is -0.295. The average Bonchev–Trinajstić information content (AvgIpc) is 2.93. The number of carbonyl (C=O) groups is 2. The fourth-order valence-electron chi connectivity index (χ4n) is 5.51. The van der Waals surface area contributed by atoms with E-state index in [0.29, 0.717) is 16.9 Å². The van der Waals surface area contributed by atoms with Crippen LogP contribution in [-0.2, 0) is 0 Å². The Hall–Kier alpha value is -2.16. The summed E-state index contributed by atoms with van der Waals surface area (Å²) in [5.41, 5.74) is 0.946. The summed E-state index contributed by atoms with van der Waals surface area (Å²) in [4.78, 5) is 25.2. The molecule has 130 valence electrons. The van der Waals surface area contributed by atoms with E-state index in [1.807, 2.05) is 18.2 Å². The Bertz CT molecular complexity index is 890. The number of rotatable bonds is 3. The fourth-order valence-corrected chi connectivity index (χ4v) is 5.51. The van der Waals surface area contributed by atoms with Gasteiger partial charge >= 0.3 is 5.97 Å². The van der Waals surface area contributed by atoms with Crippen LogP contribution in [0.5, 0.6) is 0 Å². The molecular formula is C22H24O3. The van der Waals surface area contributed by atoms with Crippen LogP contribution in [0.25, 0.3) is 10.8 Å². The monoisotopic (exact) mass is 336 g/mol. The lowest BCUT2D eigenvalue weighted by molar-refractivity contribution is 0.0658. The fraction of sp³-hybridized carbons (Fsp3) is 0.455. The van der Waals surface area contributed by atoms with E-state index < -0.39 is 5.97 Å². The lowest BCUT2D eigenvalue weighted by atomic mass is 9.65. The van der Waals surface area contributed by atoms with Crippen LogP contribution in [0.1, 0.15) is 60.7 Å². The number of hydrogen-bond acceptors (Lipinski definition) is 2. The highest BCUT2D eigenvalue weighted by molar-refractivity contribution is 6.15. The van der Waals surface area contributed by atoms with Gasteiger partial charge in [-0.05, 0) is 47.5 Å². The van der Waals surface area contributed by atoms with E-state index in [4.69, 9.17) is 0 Å². The highest BCUT2D eigenvalue weighted by Gasteiger charge is 2.63. The molecule has 3 atom stereocenters. The highest BCUT2D eigenvalue weighted by Crippen LogP contribution is 2.68. The number of benzene rings is 2. The number of carboxylic acid groups (broad SMARTS) is 1. The van der Waals surface area contributed by atoms with Gasteiger partial charge in [0.2, 0.25) is 0 Å². The minimum absolute atomic E-state index is 0.00488. The Morgan fingerprint density at radius 1 is 1.04 bits per heavy atom. The molecule has 2 fully saturated rings. The number of hydrogen-bond donors (Lipinski definition) is 1. The summed E-state index contributed by atoms with van der Waals surface area (Å²) in [6.45, 7) is 6.85. The zero-order chi connectivity index (χ0) is 18.0. The maximum absolute atomic E-state index is 13.5. The van der Waals surface area contributed by atoms with Crippen LogP contribution in [0.4, 0.5) is 0 Å². The molecule has 1 N–H and O–H groups in total. The molecule has 4 rings (SSSR count). The second kappa shape index (κ2) is 5.17. The molecule has 0 aliphatic heterocycles. The van der Waals surface area contributed by atoms with Crippen molar-refractivity contribution in [3.63, 3.8) is 0 Å².